The maximum Gasteiger partial charge on any atom is 0.289 e. The van der Waals surface area contributed by atoms with E-state index in [0.29, 0.717) is 24.0 Å². The lowest BCUT2D eigenvalue weighted by molar-refractivity contribution is -0.154. The van der Waals surface area contributed by atoms with E-state index in [0.717, 1.165) is 24.8 Å². The topological polar surface area (TPSA) is 71.8 Å². The highest BCUT2D eigenvalue weighted by Gasteiger charge is 2.46. The molecule has 170 valence electrons. The zero-order valence-electron chi connectivity index (χ0n) is 19.0. The molecule has 1 aliphatic heterocycles. The molecule has 2 amide bonds. The van der Waals surface area contributed by atoms with E-state index in [1.54, 1.807) is 23.3 Å². The van der Waals surface area contributed by atoms with Crippen molar-refractivity contribution < 1.29 is 18.7 Å². The highest BCUT2D eigenvalue weighted by Crippen LogP contribution is 2.42. The van der Waals surface area contributed by atoms with Gasteiger partial charge in [-0.1, -0.05) is 51.1 Å². The molecule has 32 heavy (non-hydrogen) atoms. The van der Waals surface area contributed by atoms with Gasteiger partial charge in [0.1, 0.15) is 18.4 Å². The van der Waals surface area contributed by atoms with Crippen molar-refractivity contribution in [3.8, 4) is 0 Å². The largest absolute Gasteiger partial charge is 0.482 e. The van der Waals surface area contributed by atoms with Crippen LogP contribution in [-0.4, -0.2) is 35.4 Å². The molecule has 2 aromatic rings. The summed E-state index contributed by atoms with van der Waals surface area (Å²) in [5.41, 5.74) is 1.04. The van der Waals surface area contributed by atoms with Crippen LogP contribution in [0.15, 0.2) is 58.9 Å². The molecule has 3 atom stereocenters. The maximum absolute atomic E-state index is 13.4. The van der Waals surface area contributed by atoms with Crippen LogP contribution in [0.3, 0.4) is 0 Å². The van der Waals surface area contributed by atoms with E-state index in [1.165, 1.54) is 0 Å². The van der Waals surface area contributed by atoms with Crippen molar-refractivity contribution >= 4 is 17.9 Å². The molecular weight excluding hydrogens is 404 g/mol. The average molecular weight is 437 g/mol. The quantitative estimate of drug-likeness (QED) is 0.706. The second-order valence-corrected chi connectivity index (χ2v) is 9.81. The minimum Gasteiger partial charge on any atom is -0.482 e. The van der Waals surface area contributed by atoms with Crippen molar-refractivity contribution in [2.24, 2.45) is 11.3 Å². The predicted octanol–water partition coefficient (Wildman–Crippen LogP) is 4.38. The van der Waals surface area contributed by atoms with Crippen molar-refractivity contribution in [2.75, 3.05) is 6.54 Å². The van der Waals surface area contributed by atoms with Crippen LogP contribution in [0.25, 0.3) is 6.08 Å². The van der Waals surface area contributed by atoms with Crippen molar-refractivity contribution in [1.29, 1.82) is 0 Å². The summed E-state index contributed by atoms with van der Waals surface area (Å²) < 4.78 is 11.5. The summed E-state index contributed by atoms with van der Waals surface area (Å²) in [4.78, 5) is 27.9. The first-order valence-electron chi connectivity index (χ1n) is 11.3. The number of amides is 2. The first-order valence-corrected chi connectivity index (χ1v) is 11.3. The van der Waals surface area contributed by atoms with Crippen molar-refractivity contribution in [3.63, 3.8) is 0 Å². The Hall–Kier alpha value is -3.02. The van der Waals surface area contributed by atoms with Crippen LogP contribution < -0.4 is 5.32 Å². The van der Waals surface area contributed by atoms with Crippen LogP contribution in [0.1, 0.15) is 51.4 Å². The molecule has 3 unspecified atom stereocenters. The second kappa shape index (κ2) is 9.23. The lowest BCUT2D eigenvalue weighted by Crippen LogP contribution is -2.58. The number of nitrogens with zero attached hydrogens (tertiary/aromatic N) is 1. The van der Waals surface area contributed by atoms with Gasteiger partial charge in [0.25, 0.3) is 5.91 Å². The molecule has 0 radical (unpaired) electrons. The molecule has 6 heteroatoms. The molecule has 1 saturated carbocycles. The van der Waals surface area contributed by atoms with E-state index >= 15 is 0 Å². The van der Waals surface area contributed by atoms with E-state index in [9.17, 15) is 9.59 Å². The Kier molecular flexibility index (Phi) is 6.40. The fraction of sp³-hybridized carbons (Fsp3) is 0.462. The van der Waals surface area contributed by atoms with Gasteiger partial charge in [0.15, 0.2) is 5.76 Å². The Morgan fingerprint density at radius 1 is 1.16 bits per heavy atom. The third-order valence-corrected chi connectivity index (χ3v) is 6.58. The number of hydrogen-bond donors (Lipinski definition) is 1. The minimum absolute atomic E-state index is 0.00701. The van der Waals surface area contributed by atoms with Gasteiger partial charge in [-0.2, -0.15) is 0 Å². The Morgan fingerprint density at radius 3 is 2.62 bits per heavy atom. The molecule has 0 bridgehead atoms. The molecule has 2 heterocycles. The number of nitrogens with one attached hydrogen (secondary N) is 1. The summed E-state index contributed by atoms with van der Waals surface area (Å²) >= 11 is 0. The molecule has 1 aromatic heterocycles. The number of ether oxygens (including phenoxy) is 1. The Bertz CT molecular complexity index is 959. The number of rotatable bonds is 5. The average Bonchev–Trinajstić information content (AvgIpc) is 3.29. The smallest absolute Gasteiger partial charge is 0.289 e. The molecule has 1 aliphatic carbocycles. The van der Waals surface area contributed by atoms with Gasteiger partial charge >= 0.3 is 0 Å². The number of carbonyl (C=O) groups excluding carboxylic acids is 2. The maximum atomic E-state index is 13.4. The number of fused-ring (bicyclic) bond motifs is 1. The van der Waals surface area contributed by atoms with Gasteiger partial charge < -0.3 is 19.4 Å². The number of morpholine rings is 1. The fourth-order valence-corrected chi connectivity index (χ4v) is 4.67. The number of carbonyl (C=O) groups is 2. The van der Waals surface area contributed by atoms with Crippen LogP contribution in [0.4, 0.5) is 0 Å². The normalized spacial score (nSPS) is 24.7. The van der Waals surface area contributed by atoms with Crippen LogP contribution in [0.5, 0.6) is 0 Å². The van der Waals surface area contributed by atoms with Gasteiger partial charge in [-0.3, -0.25) is 9.59 Å². The van der Waals surface area contributed by atoms with E-state index in [4.69, 9.17) is 9.15 Å². The number of hydrogen-bond acceptors (Lipinski definition) is 4. The summed E-state index contributed by atoms with van der Waals surface area (Å²) in [6.45, 7) is 7.03. The molecular formula is C26H32N2O4. The lowest BCUT2D eigenvalue weighted by atomic mass is 9.69. The van der Waals surface area contributed by atoms with Gasteiger partial charge in [-0.05, 0) is 54.4 Å². The van der Waals surface area contributed by atoms with Crippen molar-refractivity contribution in [3.05, 3.63) is 65.8 Å². The van der Waals surface area contributed by atoms with E-state index in [2.05, 4.69) is 26.1 Å². The minimum atomic E-state index is -0.224. The SMILES string of the molecule is CC(C)(C)C1CCC2O/C(=C\c3ccccc3)C(=O)N(CC(=O)NCc3ccco3)C2C1. The molecule has 2 fully saturated rings. The molecule has 6 nitrogen and oxygen atoms in total. The highest BCUT2D eigenvalue weighted by atomic mass is 16.5. The lowest BCUT2D eigenvalue weighted by Gasteiger charge is -2.48. The molecule has 4 rings (SSSR count). The summed E-state index contributed by atoms with van der Waals surface area (Å²) in [5.74, 6) is 1.03. The number of benzene rings is 1. The highest BCUT2D eigenvalue weighted by molar-refractivity contribution is 5.98. The molecule has 2 aliphatic rings. The first-order chi connectivity index (χ1) is 15.3. The fourth-order valence-electron chi connectivity index (χ4n) is 4.67. The Morgan fingerprint density at radius 2 is 1.94 bits per heavy atom. The zero-order valence-corrected chi connectivity index (χ0v) is 19.0. The van der Waals surface area contributed by atoms with E-state index in [-0.39, 0.29) is 35.9 Å². The second-order valence-electron chi connectivity index (χ2n) is 9.81. The number of furan rings is 1. The summed E-state index contributed by atoms with van der Waals surface area (Å²) in [7, 11) is 0. The van der Waals surface area contributed by atoms with Crippen molar-refractivity contribution in [1.82, 2.24) is 10.2 Å². The Balaban J connectivity index is 1.55. The van der Waals surface area contributed by atoms with Crippen molar-refractivity contribution in [2.45, 2.75) is 58.7 Å². The summed E-state index contributed by atoms with van der Waals surface area (Å²) in [6, 6.07) is 13.2. The van der Waals surface area contributed by atoms with Crippen LogP contribution in [-0.2, 0) is 20.9 Å². The zero-order chi connectivity index (χ0) is 22.7. The first kappa shape index (κ1) is 22.2. The van der Waals surface area contributed by atoms with Gasteiger partial charge in [0.05, 0.1) is 18.8 Å². The predicted molar refractivity (Wildman–Crippen MR) is 122 cm³/mol. The van der Waals surface area contributed by atoms with E-state index < -0.39 is 0 Å². The van der Waals surface area contributed by atoms with Gasteiger partial charge in [-0.15, -0.1) is 0 Å². The molecule has 1 saturated heterocycles. The third kappa shape index (κ3) is 5.06. The summed E-state index contributed by atoms with van der Waals surface area (Å²) in [5, 5.41) is 2.87. The van der Waals surface area contributed by atoms with E-state index in [1.807, 2.05) is 36.4 Å². The van der Waals surface area contributed by atoms with Crippen LogP contribution in [0.2, 0.25) is 0 Å². The summed E-state index contributed by atoms with van der Waals surface area (Å²) in [6.07, 6.45) is 6.02. The van der Waals surface area contributed by atoms with Crippen LogP contribution in [0, 0.1) is 11.3 Å². The van der Waals surface area contributed by atoms with Crippen LogP contribution >= 0.6 is 0 Å². The molecule has 0 spiro atoms. The third-order valence-electron chi connectivity index (χ3n) is 6.58. The monoisotopic (exact) mass is 436 g/mol. The van der Waals surface area contributed by atoms with Gasteiger partial charge in [0.2, 0.25) is 5.91 Å². The molecule has 1 N–H and O–H groups in total. The Labute approximate surface area is 189 Å². The van der Waals surface area contributed by atoms with Gasteiger partial charge in [0, 0.05) is 0 Å². The standard InChI is InChI=1S/C26H32N2O4/c1-26(2,3)19-11-12-22-21(15-19)28(17-24(29)27-16-20-10-7-13-31-20)25(30)23(32-22)14-18-8-5-4-6-9-18/h4-10,13-14,19,21-22H,11-12,15-17H2,1-3H3,(H,27,29)/b23-14-. The molecule has 1 aromatic carbocycles. The van der Waals surface area contributed by atoms with Gasteiger partial charge in [-0.25, -0.2) is 0 Å².